The quantitative estimate of drug-likeness (QED) is 0.204. The maximum atomic E-state index is 8.52. The zero-order valence-corrected chi connectivity index (χ0v) is 31.8. The zero-order valence-electron chi connectivity index (χ0n) is 14.2. The Morgan fingerprint density at radius 1 is 0.250 bits per heavy atom. The Morgan fingerprint density at radius 3 is 0.250 bits per heavy atom. The van der Waals surface area contributed by atoms with Gasteiger partial charge in [-0.3, -0.25) is 0 Å². The van der Waals surface area contributed by atoms with E-state index in [2.05, 4.69) is 0 Å². The normalized spacial score (nSPS) is 5.25. The van der Waals surface area contributed by atoms with Crippen LogP contribution in [-0.2, 0) is 149 Å². The number of hydrogen-bond acceptors (Lipinski definition) is 21. The Bertz CT molecular complexity index is 323. The molecule has 21 nitrogen and oxygen atoms in total. The molecule has 0 radical (unpaired) electrons. The SMILES string of the molecule is O=[Si]([O-])[O-].O=[Si]([O-])[O-].O=[Si]([O-])[O-].O=[Si]([O-])[O-].O=[Si]([O-])[O-].O=[Si]([O-])[O-].O=[Si]([O-])[O-].[Y+3].[Y+3].[Zr+4].[Zr+4]. The molecule has 0 spiro atoms. The van der Waals surface area contributed by atoms with Gasteiger partial charge in [0.2, 0.25) is 0 Å². The van der Waals surface area contributed by atoms with E-state index in [1.165, 1.54) is 0 Å². The van der Waals surface area contributed by atoms with Crippen molar-refractivity contribution in [3.63, 3.8) is 0 Å². The molecule has 0 aromatic rings. The average molecular weight is 893 g/mol. The van der Waals surface area contributed by atoms with Crippen LogP contribution in [0.5, 0.6) is 0 Å². The molecule has 0 saturated heterocycles. The van der Waals surface area contributed by atoms with Crippen molar-refractivity contribution in [3.05, 3.63) is 0 Å². The van der Waals surface area contributed by atoms with E-state index in [0.29, 0.717) is 0 Å². The standard InChI is InChI=1S/7O3Si.2Y.2Zr/c7*1-4(2)3;;;;/q7*-2;2*+3;2*+4. The van der Waals surface area contributed by atoms with E-state index in [-0.39, 0.29) is 118 Å². The van der Waals surface area contributed by atoms with Crippen LogP contribution in [0.25, 0.3) is 0 Å². The molecule has 0 aliphatic heterocycles. The van der Waals surface area contributed by atoms with Gasteiger partial charge in [0.25, 0.3) is 0 Å². The Hall–Kier alpha value is 1.29. The van der Waals surface area contributed by atoms with Crippen molar-refractivity contribution in [1.82, 2.24) is 0 Å². The summed E-state index contributed by atoms with van der Waals surface area (Å²) in [4.78, 5) is 119. The molecule has 32 heavy (non-hydrogen) atoms. The van der Waals surface area contributed by atoms with Crippen LogP contribution in [0.3, 0.4) is 0 Å². The Morgan fingerprint density at radius 2 is 0.250 bits per heavy atom. The van der Waals surface area contributed by atoms with Crippen molar-refractivity contribution in [3.8, 4) is 0 Å². The van der Waals surface area contributed by atoms with Gasteiger partial charge in [0.15, 0.2) is 0 Å². The second kappa shape index (κ2) is 63.6. The first-order chi connectivity index (χ1) is 12.1. The first kappa shape index (κ1) is 69.9. The maximum Gasteiger partial charge on any atom is 4.00 e. The van der Waals surface area contributed by atoms with Gasteiger partial charge in [0.1, 0.15) is 0 Å². The summed E-state index contributed by atoms with van der Waals surface area (Å²) >= 11 is 0. The van der Waals surface area contributed by atoms with Crippen LogP contribution in [0.4, 0.5) is 0 Å². The van der Waals surface area contributed by atoms with Crippen LogP contribution in [0.2, 0.25) is 0 Å². The van der Waals surface area contributed by atoms with E-state index in [1.54, 1.807) is 0 Å². The van der Waals surface area contributed by atoms with Crippen LogP contribution < -0.4 is 67.1 Å². The van der Waals surface area contributed by atoms with Crippen molar-refractivity contribution in [2.45, 2.75) is 0 Å². The molecule has 0 aliphatic rings. The molecule has 0 amide bonds. The smallest absolute Gasteiger partial charge is 0.672 e. The van der Waals surface area contributed by atoms with E-state index < -0.39 is 64.2 Å². The molecule has 0 aliphatic carbocycles. The Balaban J connectivity index is -0.0000000175. The fourth-order valence-electron chi connectivity index (χ4n) is 0. The second-order valence-electron chi connectivity index (χ2n) is 1.75. The summed E-state index contributed by atoms with van der Waals surface area (Å²) in [6, 6.07) is 0. The van der Waals surface area contributed by atoms with Crippen molar-refractivity contribution in [2.24, 2.45) is 0 Å². The molecule has 0 N–H and O–H groups in total. The first-order valence-corrected chi connectivity index (χ1v) is 12.9. The summed E-state index contributed by atoms with van der Waals surface area (Å²) in [5, 5.41) is 0. The molecular weight excluding hydrogens is 893 g/mol. The van der Waals surface area contributed by atoms with Gasteiger partial charge in [-0.25, -0.2) is 0 Å². The van der Waals surface area contributed by atoms with E-state index >= 15 is 0 Å². The van der Waals surface area contributed by atoms with Crippen molar-refractivity contribution in [1.29, 1.82) is 0 Å². The molecule has 0 heterocycles. The van der Waals surface area contributed by atoms with Gasteiger partial charge in [-0.1, -0.05) is 0 Å². The molecule has 32 heteroatoms. The van der Waals surface area contributed by atoms with Gasteiger partial charge in [-0.15, -0.1) is 0 Å². The maximum absolute atomic E-state index is 8.52. The van der Waals surface area contributed by atoms with Crippen LogP contribution in [0, 0.1) is 0 Å². The van der Waals surface area contributed by atoms with E-state index in [1.807, 2.05) is 0 Å². The molecule has 0 bridgehead atoms. The topological polar surface area (TPSA) is 442 Å². The molecule has 0 rings (SSSR count). The van der Waals surface area contributed by atoms with Crippen LogP contribution in [-0.4, -0.2) is 64.2 Å². The predicted molar refractivity (Wildman–Crippen MR) is 45.1 cm³/mol. The van der Waals surface area contributed by atoms with Crippen molar-refractivity contribution < 1.29 is 216 Å². The van der Waals surface area contributed by atoms with Crippen LogP contribution in [0.15, 0.2) is 0 Å². The van der Waals surface area contributed by atoms with Gasteiger partial charge < -0.3 is 98.4 Å². The summed E-state index contributed by atoms with van der Waals surface area (Å²) in [6.07, 6.45) is 0. The first-order valence-electron chi connectivity index (χ1n) is 4.29. The second-order valence-corrected chi connectivity index (χ2v) is 5.25. The summed E-state index contributed by atoms with van der Waals surface area (Å²) in [6.45, 7) is 0. The van der Waals surface area contributed by atoms with Crippen LogP contribution >= 0.6 is 0 Å². The molecule has 0 saturated carbocycles. The third kappa shape index (κ3) is 17200. The summed E-state index contributed by atoms with van der Waals surface area (Å²) in [5.41, 5.74) is 0. The van der Waals surface area contributed by atoms with Crippen molar-refractivity contribution in [2.75, 3.05) is 0 Å². The Kier molecular flexibility index (Phi) is 139. The van der Waals surface area contributed by atoms with Gasteiger partial charge in [0, 0.05) is 64.2 Å². The molecule has 0 atom stereocenters. The van der Waals surface area contributed by atoms with Crippen LogP contribution in [0.1, 0.15) is 0 Å². The predicted octanol–water partition coefficient (Wildman–Crippen LogP) is -20.2. The van der Waals surface area contributed by atoms with Gasteiger partial charge in [0.05, 0.1) is 0 Å². The molecule has 0 fully saturated rings. The fourth-order valence-corrected chi connectivity index (χ4v) is 0. The van der Waals surface area contributed by atoms with Gasteiger partial charge in [-0.05, 0) is 0 Å². The molecule has 0 unspecified atom stereocenters. The minimum atomic E-state index is -3.63. The largest absolute Gasteiger partial charge is 4.00 e. The zero-order chi connectivity index (χ0) is 25.0. The fraction of sp³-hybridized carbons (Fsp3) is 0. The van der Waals surface area contributed by atoms with Gasteiger partial charge in [-0.2, -0.15) is 0 Å². The summed E-state index contributed by atoms with van der Waals surface area (Å²) < 4.78 is 59.6. The molecule has 0 aromatic heterocycles. The average Bonchev–Trinajstić information content (AvgIpc) is 2.20. The Labute approximate surface area is 276 Å². The molecular formula is O21Si7Y2Zr2. The minimum absolute atomic E-state index is 0. The third-order valence-corrected chi connectivity index (χ3v) is 0. The number of hydrogen-bond donors (Lipinski definition) is 0. The van der Waals surface area contributed by atoms with Gasteiger partial charge >= 0.3 is 118 Å². The van der Waals surface area contributed by atoms with E-state index in [9.17, 15) is 0 Å². The summed E-state index contributed by atoms with van der Waals surface area (Å²) in [7, 11) is -25.4. The van der Waals surface area contributed by atoms with E-state index in [0.717, 1.165) is 0 Å². The third-order valence-electron chi connectivity index (χ3n) is 0. The minimum Gasteiger partial charge on any atom is -0.672 e. The summed E-state index contributed by atoms with van der Waals surface area (Å²) in [5.74, 6) is 0. The molecule has 0 aromatic carbocycles. The number of rotatable bonds is 0. The molecule has 168 valence electrons. The van der Waals surface area contributed by atoms with E-state index in [4.69, 9.17) is 98.4 Å². The monoisotopic (exact) mass is 889 g/mol. The van der Waals surface area contributed by atoms with Crippen molar-refractivity contribution >= 4 is 64.2 Å².